The van der Waals surface area contributed by atoms with Gasteiger partial charge in [-0.25, -0.2) is 13.1 Å². The van der Waals surface area contributed by atoms with E-state index < -0.39 is 10.0 Å². The summed E-state index contributed by atoms with van der Waals surface area (Å²) >= 11 is 0. The van der Waals surface area contributed by atoms with Crippen LogP contribution in [0.3, 0.4) is 0 Å². The minimum Gasteiger partial charge on any atom is -0.316 e. The van der Waals surface area contributed by atoms with Crippen molar-refractivity contribution in [2.75, 3.05) is 7.05 Å². The molecule has 0 radical (unpaired) electrons. The van der Waals surface area contributed by atoms with Crippen molar-refractivity contribution in [2.24, 2.45) is 5.92 Å². The van der Waals surface area contributed by atoms with E-state index in [1.165, 1.54) is 0 Å². The monoisotopic (exact) mass is 270 g/mol. The molecule has 0 bridgehead atoms. The van der Waals surface area contributed by atoms with Gasteiger partial charge in [0.15, 0.2) is 0 Å². The summed E-state index contributed by atoms with van der Waals surface area (Å²) in [5, 5.41) is 3.02. The molecule has 0 fully saturated rings. The van der Waals surface area contributed by atoms with Crippen LogP contribution in [0.4, 0.5) is 0 Å². The molecular weight excluding hydrogens is 248 g/mol. The predicted octanol–water partition coefficient (Wildman–Crippen LogP) is 1.73. The molecule has 0 aromatic heterocycles. The fraction of sp³-hybridized carbons (Fsp3) is 0.538. The molecule has 1 aromatic carbocycles. The largest absolute Gasteiger partial charge is 0.316 e. The van der Waals surface area contributed by atoms with Crippen LogP contribution in [0.25, 0.3) is 0 Å². The molecule has 0 spiro atoms. The Bertz CT molecular complexity index is 466. The van der Waals surface area contributed by atoms with Gasteiger partial charge in [-0.05, 0) is 37.6 Å². The van der Waals surface area contributed by atoms with Crippen LogP contribution in [-0.4, -0.2) is 21.5 Å². The molecule has 0 saturated carbocycles. The maximum atomic E-state index is 12.1. The molecule has 1 rings (SSSR count). The first kappa shape index (κ1) is 15.1. The smallest absolute Gasteiger partial charge is 0.240 e. The number of rotatable bonds is 6. The van der Waals surface area contributed by atoms with E-state index in [4.69, 9.17) is 0 Å². The number of benzene rings is 1. The van der Waals surface area contributed by atoms with E-state index in [2.05, 4.69) is 10.0 Å². The summed E-state index contributed by atoms with van der Waals surface area (Å²) in [6.45, 7) is 6.58. The molecule has 0 amide bonds. The molecule has 0 aliphatic heterocycles. The number of sulfonamides is 1. The van der Waals surface area contributed by atoms with Gasteiger partial charge < -0.3 is 5.32 Å². The summed E-state index contributed by atoms with van der Waals surface area (Å²) in [5.41, 5.74) is 1.06. The molecular formula is C13H22N2O2S. The van der Waals surface area contributed by atoms with Crippen molar-refractivity contribution in [3.63, 3.8) is 0 Å². The van der Waals surface area contributed by atoms with E-state index in [0.29, 0.717) is 4.90 Å². The maximum absolute atomic E-state index is 12.1. The summed E-state index contributed by atoms with van der Waals surface area (Å²) < 4.78 is 26.9. The molecule has 0 aliphatic rings. The van der Waals surface area contributed by atoms with Gasteiger partial charge in [0.1, 0.15) is 0 Å². The van der Waals surface area contributed by atoms with Gasteiger partial charge in [-0.2, -0.15) is 0 Å². The van der Waals surface area contributed by atoms with Gasteiger partial charge >= 0.3 is 0 Å². The standard InChI is InChI=1S/C13H22N2O2S/c1-10(2)11(3)15-18(16,17)13-7-5-12(6-8-13)9-14-4/h5-8,10-11,14-15H,9H2,1-4H3. The second-order valence-electron chi connectivity index (χ2n) is 4.83. The lowest BCUT2D eigenvalue weighted by molar-refractivity contribution is 0.476. The number of hydrogen-bond acceptors (Lipinski definition) is 3. The van der Waals surface area contributed by atoms with Gasteiger partial charge in [0.2, 0.25) is 10.0 Å². The lowest BCUT2D eigenvalue weighted by Gasteiger charge is -2.17. The van der Waals surface area contributed by atoms with Crippen LogP contribution >= 0.6 is 0 Å². The van der Waals surface area contributed by atoms with Crippen LogP contribution in [0.15, 0.2) is 29.2 Å². The fourth-order valence-corrected chi connectivity index (χ4v) is 2.83. The summed E-state index contributed by atoms with van der Waals surface area (Å²) in [7, 11) is -1.55. The third-order valence-corrected chi connectivity index (χ3v) is 4.53. The molecule has 1 atom stereocenters. The van der Waals surface area contributed by atoms with E-state index >= 15 is 0 Å². The quantitative estimate of drug-likeness (QED) is 0.827. The molecule has 4 nitrogen and oxygen atoms in total. The predicted molar refractivity (Wildman–Crippen MR) is 73.8 cm³/mol. The van der Waals surface area contributed by atoms with Gasteiger partial charge in [0.05, 0.1) is 4.90 Å². The SMILES string of the molecule is CNCc1ccc(S(=O)(=O)NC(C)C(C)C)cc1. The van der Waals surface area contributed by atoms with Gasteiger partial charge in [-0.1, -0.05) is 26.0 Å². The summed E-state index contributed by atoms with van der Waals surface area (Å²) in [6.07, 6.45) is 0. The molecule has 1 aromatic rings. The van der Waals surface area contributed by atoms with Crippen LogP contribution in [0.5, 0.6) is 0 Å². The zero-order chi connectivity index (χ0) is 13.8. The van der Waals surface area contributed by atoms with Crippen LogP contribution in [0.1, 0.15) is 26.3 Å². The highest BCUT2D eigenvalue weighted by molar-refractivity contribution is 7.89. The fourth-order valence-electron chi connectivity index (χ4n) is 1.44. The van der Waals surface area contributed by atoms with E-state index in [9.17, 15) is 8.42 Å². The minimum absolute atomic E-state index is 0.0769. The van der Waals surface area contributed by atoms with Gasteiger partial charge in [0, 0.05) is 12.6 Å². The van der Waals surface area contributed by atoms with Crippen LogP contribution in [-0.2, 0) is 16.6 Å². The van der Waals surface area contributed by atoms with E-state index in [-0.39, 0.29) is 12.0 Å². The molecule has 0 aliphatic carbocycles. The Labute approximate surface area is 110 Å². The van der Waals surface area contributed by atoms with Gasteiger partial charge in [0.25, 0.3) is 0 Å². The minimum atomic E-state index is -3.41. The zero-order valence-corrected chi connectivity index (χ0v) is 12.2. The topological polar surface area (TPSA) is 58.2 Å². The Hall–Kier alpha value is -0.910. The molecule has 18 heavy (non-hydrogen) atoms. The average Bonchev–Trinajstić information content (AvgIpc) is 2.29. The normalized spacial score (nSPS) is 13.8. The Morgan fingerprint density at radius 1 is 1.11 bits per heavy atom. The molecule has 2 N–H and O–H groups in total. The molecule has 102 valence electrons. The Kier molecular flexibility index (Phi) is 5.31. The first-order chi connectivity index (χ1) is 8.36. The molecule has 0 saturated heterocycles. The van der Waals surface area contributed by atoms with Crippen molar-refractivity contribution in [3.05, 3.63) is 29.8 Å². The van der Waals surface area contributed by atoms with Crippen molar-refractivity contribution in [3.8, 4) is 0 Å². The first-order valence-electron chi connectivity index (χ1n) is 6.12. The first-order valence-corrected chi connectivity index (χ1v) is 7.61. The highest BCUT2D eigenvalue weighted by Crippen LogP contribution is 2.12. The Balaban J connectivity index is 2.85. The summed E-state index contributed by atoms with van der Waals surface area (Å²) in [5.74, 6) is 0.267. The van der Waals surface area contributed by atoms with Crippen molar-refractivity contribution in [1.29, 1.82) is 0 Å². The van der Waals surface area contributed by atoms with Crippen molar-refractivity contribution >= 4 is 10.0 Å². The lowest BCUT2D eigenvalue weighted by Crippen LogP contribution is -2.36. The van der Waals surface area contributed by atoms with Gasteiger partial charge in [-0.3, -0.25) is 0 Å². The zero-order valence-electron chi connectivity index (χ0n) is 11.4. The Morgan fingerprint density at radius 3 is 2.11 bits per heavy atom. The van der Waals surface area contributed by atoms with E-state index in [1.807, 2.05) is 40.0 Å². The van der Waals surface area contributed by atoms with Gasteiger partial charge in [-0.15, -0.1) is 0 Å². The van der Waals surface area contributed by atoms with Crippen LogP contribution in [0, 0.1) is 5.92 Å². The summed E-state index contributed by atoms with van der Waals surface area (Å²) in [4.78, 5) is 0.315. The lowest BCUT2D eigenvalue weighted by atomic mass is 10.1. The average molecular weight is 270 g/mol. The summed E-state index contributed by atoms with van der Waals surface area (Å²) in [6, 6.07) is 6.85. The van der Waals surface area contributed by atoms with Crippen molar-refractivity contribution in [1.82, 2.24) is 10.0 Å². The molecule has 1 unspecified atom stereocenters. The molecule has 5 heteroatoms. The number of hydrogen-bond donors (Lipinski definition) is 2. The van der Waals surface area contributed by atoms with Crippen molar-refractivity contribution < 1.29 is 8.42 Å². The third kappa shape index (κ3) is 4.08. The maximum Gasteiger partial charge on any atom is 0.240 e. The highest BCUT2D eigenvalue weighted by Gasteiger charge is 2.18. The van der Waals surface area contributed by atoms with Crippen LogP contribution < -0.4 is 10.0 Å². The third-order valence-electron chi connectivity index (χ3n) is 2.96. The highest BCUT2D eigenvalue weighted by atomic mass is 32.2. The Morgan fingerprint density at radius 2 is 1.67 bits per heavy atom. The number of nitrogens with one attached hydrogen (secondary N) is 2. The second kappa shape index (κ2) is 6.31. The van der Waals surface area contributed by atoms with Crippen LogP contribution in [0.2, 0.25) is 0 Å². The molecule has 0 heterocycles. The van der Waals surface area contributed by atoms with E-state index in [1.54, 1.807) is 12.1 Å². The van der Waals surface area contributed by atoms with E-state index in [0.717, 1.165) is 12.1 Å². The second-order valence-corrected chi connectivity index (χ2v) is 6.54. The van der Waals surface area contributed by atoms with Crippen molar-refractivity contribution in [2.45, 2.75) is 38.3 Å².